The summed E-state index contributed by atoms with van der Waals surface area (Å²) in [5.41, 5.74) is 0.958. The summed E-state index contributed by atoms with van der Waals surface area (Å²) in [4.78, 5) is 17.3. The largest absolute Gasteiger partial charge is 0.394 e. The van der Waals surface area contributed by atoms with Gasteiger partial charge >= 0.3 is 0 Å². The van der Waals surface area contributed by atoms with Crippen molar-refractivity contribution in [3.8, 4) is 0 Å². The lowest BCUT2D eigenvalue weighted by atomic mass is 10.2. The number of non-ortho nitro benzene ring substituents is 1. The van der Waals surface area contributed by atoms with E-state index in [1.165, 1.54) is 12.1 Å². The van der Waals surface area contributed by atoms with Crippen LogP contribution in [0.3, 0.4) is 0 Å². The van der Waals surface area contributed by atoms with E-state index < -0.39 is 4.92 Å². The van der Waals surface area contributed by atoms with Crippen LogP contribution in [0.2, 0.25) is 0 Å². The molecule has 30 heavy (non-hydrogen) atoms. The first-order valence-electron chi connectivity index (χ1n) is 9.93. The Bertz CT molecular complexity index is 626. The van der Waals surface area contributed by atoms with Crippen molar-refractivity contribution in [2.24, 2.45) is 4.99 Å². The minimum Gasteiger partial charge on any atom is -0.394 e. The van der Waals surface area contributed by atoms with Gasteiger partial charge in [-0.3, -0.25) is 15.0 Å². The first-order valence-corrected chi connectivity index (χ1v) is 9.93. The highest BCUT2D eigenvalue weighted by Gasteiger charge is 2.09. The average Bonchev–Trinajstić information content (AvgIpc) is 2.75. The third kappa shape index (κ3) is 11.0. The number of aliphatic imine (C=N–C) groups is 1. The van der Waals surface area contributed by atoms with E-state index >= 15 is 0 Å². The third-order valence-corrected chi connectivity index (χ3v) is 4.39. The highest BCUT2D eigenvalue weighted by molar-refractivity contribution is 14.0. The van der Waals surface area contributed by atoms with Gasteiger partial charge < -0.3 is 25.2 Å². The number of morpholine rings is 1. The van der Waals surface area contributed by atoms with Gasteiger partial charge in [0.15, 0.2) is 5.96 Å². The zero-order valence-electron chi connectivity index (χ0n) is 17.1. The number of aliphatic hydroxyl groups is 1. The Kier molecular flexibility index (Phi) is 14.3. The molecule has 0 bridgehead atoms. The fraction of sp³-hybridized carbons (Fsp3) is 0.632. The molecular formula is C19H32IN5O5. The van der Waals surface area contributed by atoms with Gasteiger partial charge in [-0.2, -0.15) is 0 Å². The summed E-state index contributed by atoms with van der Waals surface area (Å²) in [7, 11) is 0. The van der Waals surface area contributed by atoms with Gasteiger partial charge in [-0.15, -0.1) is 24.0 Å². The van der Waals surface area contributed by atoms with E-state index in [0.717, 1.165) is 51.4 Å². The molecule has 0 saturated carbocycles. The molecule has 0 amide bonds. The van der Waals surface area contributed by atoms with Crippen molar-refractivity contribution in [1.82, 2.24) is 15.5 Å². The smallest absolute Gasteiger partial charge is 0.269 e. The van der Waals surface area contributed by atoms with Gasteiger partial charge in [0.25, 0.3) is 5.69 Å². The molecule has 11 heteroatoms. The zero-order valence-corrected chi connectivity index (χ0v) is 19.5. The van der Waals surface area contributed by atoms with Gasteiger partial charge in [0.05, 0.1) is 44.5 Å². The van der Waals surface area contributed by atoms with Crippen molar-refractivity contribution in [3.05, 3.63) is 39.9 Å². The number of nitrogens with zero attached hydrogens (tertiary/aromatic N) is 3. The van der Waals surface area contributed by atoms with E-state index in [4.69, 9.17) is 14.6 Å². The normalized spacial score (nSPS) is 14.8. The molecule has 0 aliphatic carbocycles. The quantitative estimate of drug-likeness (QED) is 0.0902. The molecule has 1 saturated heterocycles. The van der Waals surface area contributed by atoms with Gasteiger partial charge in [0, 0.05) is 38.3 Å². The first kappa shape index (κ1) is 26.5. The molecule has 0 spiro atoms. The standard InChI is InChI=1S/C19H31N5O5.HI/c25-11-15-28-12-7-21-19(20-6-1-8-23-9-13-29-14-10-23)22-16-17-2-4-18(5-3-17)24(26)27;/h2-5,25H,1,6-16H2,(H2,20,21,22);1H. The van der Waals surface area contributed by atoms with Crippen molar-refractivity contribution in [1.29, 1.82) is 0 Å². The number of nitro groups is 1. The van der Waals surface area contributed by atoms with Crippen molar-refractivity contribution in [2.75, 3.05) is 65.8 Å². The van der Waals surface area contributed by atoms with Crippen LogP contribution in [0.25, 0.3) is 0 Å². The van der Waals surface area contributed by atoms with E-state index in [-0.39, 0.29) is 36.3 Å². The molecule has 0 radical (unpaired) electrons. The highest BCUT2D eigenvalue weighted by Crippen LogP contribution is 2.12. The Morgan fingerprint density at radius 3 is 2.57 bits per heavy atom. The zero-order chi connectivity index (χ0) is 20.7. The second-order valence-electron chi connectivity index (χ2n) is 6.59. The Hall–Kier alpha value is -1.54. The van der Waals surface area contributed by atoms with E-state index in [2.05, 4.69) is 20.5 Å². The topological polar surface area (TPSA) is 121 Å². The second kappa shape index (κ2) is 16.2. The molecular weight excluding hydrogens is 505 g/mol. The lowest BCUT2D eigenvalue weighted by molar-refractivity contribution is -0.384. The Balaban J connectivity index is 0.00000450. The van der Waals surface area contributed by atoms with E-state index in [1.807, 2.05) is 0 Å². The predicted molar refractivity (Wildman–Crippen MR) is 125 cm³/mol. The minimum absolute atomic E-state index is 0. The summed E-state index contributed by atoms with van der Waals surface area (Å²) in [6.07, 6.45) is 0.985. The molecule has 1 fully saturated rings. The lowest BCUT2D eigenvalue weighted by Crippen LogP contribution is -2.41. The molecule has 0 unspecified atom stereocenters. The first-order chi connectivity index (χ1) is 14.2. The van der Waals surface area contributed by atoms with Crippen LogP contribution in [0.15, 0.2) is 29.3 Å². The Morgan fingerprint density at radius 2 is 1.90 bits per heavy atom. The lowest BCUT2D eigenvalue weighted by Gasteiger charge is -2.26. The molecule has 0 aromatic heterocycles. The molecule has 1 heterocycles. The summed E-state index contributed by atoms with van der Waals surface area (Å²) in [5.74, 6) is 0.665. The third-order valence-electron chi connectivity index (χ3n) is 4.39. The molecule has 170 valence electrons. The molecule has 1 aromatic rings. The number of ether oxygens (including phenoxy) is 2. The van der Waals surface area contributed by atoms with Crippen LogP contribution in [0.4, 0.5) is 5.69 Å². The monoisotopic (exact) mass is 537 g/mol. The predicted octanol–water partition coefficient (Wildman–Crippen LogP) is 0.979. The summed E-state index contributed by atoms with van der Waals surface area (Å²) < 4.78 is 10.6. The van der Waals surface area contributed by atoms with Crippen LogP contribution < -0.4 is 10.6 Å². The number of hydrogen-bond donors (Lipinski definition) is 3. The maximum absolute atomic E-state index is 10.8. The summed E-state index contributed by atoms with van der Waals surface area (Å²) in [6, 6.07) is 6.39. The molecule has 2 rings (SSSR count). The van der Waals surface area contributed by atoms with Crippen LogP contribution in [-0.4, -0.2) is 86.6 Å². The summed E-state index contributed by atoms with van der Waals surface area (Å²) in [5, 5.41) is 26.0. The molecule has 1 aromatic carbocycles. The van der Waals surface area contributed by atoms with Gasteiger partial charge in [-0.05, 0) is 18.5 Å². The SMILES string of the molecule is I.O=[N+]([O-])c1ccc(CN=C(NCCCN2CCOCC2)NCCOCCO)cc1. The number of aliphatic hydroxyl groups excluding tert-OH is 1. The molecule has 1 aliphatic rings. The van der Waals surface area contributed by atoms with E-state index in [0.29, 0.717) is 32.3 Å². The van der Waals surface area contributed by atoms with Crippen LogP contribution in [0, 0.1) is 10.1 Å². The summed E-state index contributed by atoms with van der Waals surface area (Å²) in [6.45, 7) is 7.08. The Morgan fingerprint density at radius 1 is 1.20 bits per heavy atom. The number of nitrogens with one attached hydrogen (secondary N) is 2. The van der Waals surface area contributed by atoms with Gasteiger partial charge in [-0.25, -0.2) is 4.99 Å². The van der Waals surface area contributed by atoms with Gasteiger partial charge in [0.2, 0.25) is 0 Å². The highest BCUT2D eigenvalue weighted by atomic mass is 127. The maximum atomic E-state index is 10.8. The molecule has 3 N–H and O–H groups in total. The average molecular weight is 537 g/mol. The van der Waals surface area contributed by atoms with Crippen molar-refractivity contribution < 1.29 is 19.5 Å². The molecule has 10 nitrogen and oxygen atoms in total. The molecule has 1 aliphatic heterocycles. The van der Waals surface area contributed by atoms with Crippen LogP contribution in [-0.2, 0) is 16.0 Å². The number of benzene rings is 1. The van der Waals surface area contributed by atoms with E-state index in [1.54, 1.807) is 12.1 Å². The number of rotatable bonds is 12. The van der Waals surface area contributed by atoms with Crippen LogP contribution >= 0.6 is 24.0 Å². The van der Waals surface area contributed by atoms with Crippen molar-refractivity contribution in [2.45, 2.75) is 13.0 Å². The van der Waals surface area contributed by atoms with Crippen LogP contribution in [0.1, 0.15) is 12.0 Å². The van der Waals surface area contributed by atoms with Crippen molar-refractivity contribution >= 4 is 35.6 Å². The number of hydrogen-bond acceptors (Lipinski definition) is 7. The van der Waals surface area contributed by atoms with Crippen LogP contribution in [0.5, 0.6) is 0 Å². The van der Waals surface area contributed by atoms with Crippen molar-refractivity contribution in [3.63, 3.8) is 0 Å². The number of halogens is 1. The summed E-state index contributed by atoms with van der Waals surface area (Å²) >= 11 is 0. The second-order valence-corrected chi connectivity index (χ2v) is 6.59. The van der Waals surface area contributed by atoms with E-state index in [9.17, 15) is 10.1 Å². The van der Waals surface area contributed by atoms with Gasteiger partial charge in [-0.1, -0.05) is 12.1 Å². The Labute approximate surface area is 194 Å². The fourth-order valence-electron chi connectivity index (χ4n) is 2.81. The molecule has 0 atom stereocenters. The van der Waals surface area contributed by atoms with Gasteiger partial charge in [0.1, 0.15) is 0 Å². The fourth-order valence-corrected chi connectivity index (χ4v) is 2.81. The number of nitro benzene ring substituents is 1. The minimum atomic E-state index is -0.414. The maximum Gasteiger partial charge on any atom is 0.269 e. The number of guanidine groups is 1.